The van der Waals surface area contributed by atoms with Crippen LogP contribution < -0.4 is 10.5 Å². The largest absolute Gasteiger partial charge is 0.496 e. The summed E-state index contributed by atoms with van der Waals surface area (Å²) in [4.78, 5) is 0. The molecule has 0 aliphatic rings. The molecule has 3 rings (SSSR count). The summed E-state index contributed by atoms with van der Waals surface area (Å²) >= 11 is 18.7. The molecule has 3 nitrogen and oxygen atoms in total. The number of halogens is 3. The van der Waals surface area contributed by atoms with Crippen LogP contribution in [0.4, 0.5) is 0 Å². The molecule has 6 heteroatoms. The first-order chi connectivity index (χ1) is 10.9. The van der Waals surface area contributed by atoms with E-state index >= 15 is 0 Å². The fourth-order valence-corrected chi connectivity index (χ4v) is 3.33. The van der Waals surface area contributed by atoms with E-state index < -0.39 is 6.04 Å². The maximum absolute atomic E-state index is 6.46. The number of methoxy groups -OCH3 is 1. The molecule has 2 aromatic carbocycles. The van der Waals surface area contributed by atoms with Gasteiger partial charge in [0.05, 0.1) is 24.4 Å². The van der Waals surface area contributed by atoms with Gasteiger partial charge in [-0.15, -0.1) is 0 Å². The molecule has 0 spiro atoms. The molecule has 0 bridgehead atoms. The third-order valence-corrected chi connectivity index (χ3v) is 4.95. The summed E-state index contributed by atoms with van der Waals surface area (Å²) in [5, 5.41) is 3.24. The van der Waals surface area contributed by atoms with E-state index in [0.29, 0.717) is 26.6 Å². The van der Waals surface area contributed by atoms with Crippen LogP contribution in [0.1, 0.15) is 22.9 Å². The quantitative estimate of drug-likeness (QED) is 0.638. The number of furan rings is 1. The fraction of sp³-hybridized carbons (Fsp3) is 0.176. The maximum Gasteiger partial charge on any atom is 0.134 e. The van der Waals surface area contributed by atoms with Gasteiger partial charge in [-0.3, -0.25) is 0 Å². The van der Waals surface area contributed by atoms with Gasteiger partial charge < -0.3 is 14.9 Å². The Labute approximate surface area is 148 Å². The fourth-order valence-electron chi connectivity index (χ4n) is 2.58. The molecule has 0 amide bonds. The molecule has 120 valence electrons. The molecule has 0 aliphatic heterocycles. The first-order valence-corrected chi connectivity index (χ1v) is 8.02. The summed E-state index contributed by atoms with van der Waals surface area (Å²) < 4.78 is 11.1. The molecule has 23 heavy (non-hydrogen) atoms. The van der Waals surface area contributed by atoms with E-state index in [9.17, 15) is 0 Å². The van der Waals surface area contributed by atoms with Gasteiger partial charge in [0, 0.05) is 26.4 Å². The minimum absolute atomic E-state index is 0.535. The van der Waals surface area contributed by atoms with Gasteiger partial charge in [0.1, 0.15) is 11.5 Å². The van der Waals surface area contributed by atoms with Crippen molar-refractivity contribution < 1.29 is 9.15 Å². The first kappa shape index (κ1) is 16.5. The predicted octanol–water partition coefficient (Wildman–Crippen LogP) is 5.76. The van der Waals surface area contributed by atoms with Crippen LogP contribution in [-0.2, 0) is 0 Å². The van der Waals surface area contributed by atoms with E-state index in [4.69, 9.17) is 49.7 Å². The lowest BCUT2D eigenvalue weighted by Gasteiger charge is -2.15. The van der Waals surface area contributed by atoms with Crippen LogP contribution >= 0.6 is 34.8 Å². The van der Waals surface area contributed by atoms with Crippen molar-refractivity contribution in [2.75, 3.05) is 7.11 Å². The average molecular weight is 371 g/mol. The predicted molar refractivity (Wildman–Crippen MR) is 95.0 cm³/mol. The normalized spacial score (nSPS) is 12.6. The number of benzene rings is 2. The molecule has 1 aromatic heterocycles. The second-order valence-electron chi connectivity index (χ2n) is 5.23. The zero-order chi connectivity index (χ0) is 16.7. The Hall–Kier alpha value is -1.39. The van der Waals surface area contributed by atoms with Crippen molar-refractivity contribution >= 4 is 45.6 Å². The van der Waals surface area contributed by atoms with E-state index in [-0.39, 0.29) is 0 Å². The van der Waals surface area contributed by atoms with Crippen LogP contribution in [0, 0.1) is 6.92 Å². The second kappa shape index (κ2) is 6.25. The van der Waals surface area contributed by atoms with Gasteiger partial charge in [0.2, 0.25) is 0 Å². The Morgan fingerprint density at radius 3 is 2.61 bits per heavy atom. The van der Waals surface area contributed by atoms with Crippen LogP contribution in [0.15, 0.2) is 34.9 Å². The lowest BCUT2D eigenvalue weighted by molar-refractivity contribution is 0.403. The highest BCUT2D eigenvalue weighted by atomic mass is 35.5. The lowest BCUT2D eigenvalue weighted by atomic mass is 10.00. The molecule has 0 saturated heterocycles. The van der Waals surface area contributed by atoms with Gasteiger partial charge in [0.15, 0.2) is 0 Å². The number of hydrogen-bond donors (Lipinski definition) is 1. The highest BCUT2D eigenvalue weighted by molar-refractivity contribution is 6.40. The SMILES string of the molecule is COc1ccc(Cl)cc1C(N)c1occ2cc(Cl)c(C)c(Cl)c12. The van der Waals surface area contributed by atoms with Crippen LogP contribution in [0.25, 0.3) is 10.8 Å². The van der Waals surface area contributed by atoms with Crippen molar-refractivity contribution in [2.45, 2.75) is 13.0 Å². The molecule has 1 atom stereocenters. The molecule has 0 saturated carbocycles. The van der Waals surface area contributed by atoms with Gasteiger partial charge in [-0.2, -0.15) is 0 Å². The molecule has 3 aromatic rings. The highest BCUT2D eigenvalue weighted by Crippen LogP contribution is 2.40. The maximum atomic E-state index is 6.46. The molecule has 0 aliphatic carbocycles. The summed E-state index contributed by atoms with van der Waals surface area (Å²) in [5.41, 5.74) is 7.91. The number of hydrogen-bond acceptors (Lipinski definition) is 3. The summed E-state index contributed by atoms with van der Waals surface area (Å²) in [7, 11) is 1.58. The molecule has 0 fully saturated rings. The van der Waals surface area contributed by atoms with Crippen molar-refractivity contribution in [2.24, 2.45) is 5.73 Å². The van der Waals surface area contributed by atoms with E-state index in [1.54, 1.807) is 31.6 Å². The van der Waals surface area contributed by atoms with E-state index in [1.807, 2.05) is 13.0 Å². The molecule has 1 unspecified atom stereocenters. The van der Waals surface area contributed by atoms with Crippen LogP contribution in [-0.4, -0.2) is 7.11 Å². The summed E-state index contributed by atoms with van der Waals surface area (Å²) in [6.07, 6.45) is 1.60. The lowest BCUT2D eigenvalue weighted by Crippen LogP contribution is -2.13. The van der Waals surface area contributed by atoms with Gasteiger partial charge >= 0.3 is 0 Å². The summed E-state index contributed by atoms with van der Waals surface area (Å²) in [6, 6.07) is 6.52. The van der Waals surface area contributed by atoms with Crippen molar-refractivity contribution in [1.29, 1.82) is 0 Å². The van der Waals surface area contributed by atoms with Crippen LogP contribution in [0.2, 0.25) is 15.1 Å². The van der Waals surface area contributed by atoms with Crippen molar-refractivity contribution in [3.05, 3.63) is 62.5 Å². The highest BCUT2D eigenvalue weighted by Gasteiger charge is 2.23. The summed E-state index contributed by atoms with van der Waals surface area (Å²) in [5.74, 6) is 1.18. The summed E-state index contributed by atoms with van der Waals surface area (Å²) in [6.45, 7) is 1.85. The topological polar surface area (TPSA) is 48.4 Å². The number of rotatable bonds is 3. The van der Waals surface area contributed by atoms with E-state index in [1.165, 1.54) is 0 Å². The third kappa shape index (κ3) is 2.79. The molecule has 1 heterocycles. The number of ether oxygens (including phenoxy) is 1. The Balaban J connectivity index is 2.21. The molecular weight excluding hydrogens is 357 g/mol. The smallest absolute Gasteiger partial charge is 0.134 e. The first-order valence-electron chi connectivity index (χ1n) is 6.88. The van der Waals surface area contributed by atoms with E-state index in [0.717, 1.165) is 21.9 Å². The average Bonchev–Trinajstić information content (AvgIpc) is 2.95. The van der Waals surface area contributed by atoms with Crippen molar-refractivity contribution in [3.8, 4) is 5.75 Å². The second-order valence-corrected chi connectivity index (χ2v) is 6.45. The van der Waals surface area contributed by atoms with Crippen LogP contribution in [0.3, 0.4) is 0 Å². The standard InChI is InChI=1S/C17H14Cl3NO2/c1-8-12(19)5-9-7-23-17(14(9)15(8)20)16(21)11-6-10(18)3-4-13(11)22-2/h3-7,16H,21H2,1-2H3. The van der Waals surface area contributed by atoms with Gasteiger partial charge in [-0.25, -0.2) is 0 Å². The Morgan fingerprint density at radius 2 is 1.91 bits per heavy atom. The Kier molecular flexibility index (Phi) is 4.47. The zero-order valence-corrected chi connectivity index (χ0v) is 14.8. The number of fused-ring (bicyclic) bond motifs is 1. The minimum atomic E-state index is -0.570. The third-order valence-electron chi connectivity index (χ3n) is 3.85. The Morgan fingerprint density at radius 1 is 1.17 bits per heavy atom. The molecular formula is C17H14Cl3NO2. The molecule has 0 radical (unpaired) electrons. The van der Waals surface area contributed by atoms with Crippen molar-refractivity contribution in [1.82, 2.24) is 0 Å². The van der Waals surface area contributed by atoms with E-state index in [2.05, 4.69) is 0 Å². The van der Waals surface area contributed by atoms with Gasteiger partial charge in [-0.1, -0.05) is 34.8 Å². The monoisotopic (exact) mass is 369 g/mol. The zero-order valence-electron chi connectivity index (χ0n) is 12.5. The number of nitrogens with two attached hydrogens (primary N) is 1. The van der Waals surface area contributed by atoms with Crippen LogP contribution in [0.5, 0.6) is 5.75 Å². The van der Waals surface area contributed by atoms with Crippen molar-refractivity contribution in [3.63, 3.8) is 0 Å². The Bertz CT molecular complexity index is 889. The van der Waals surface area contributed by atoms with Gasteiger partial charge in [-0.05, 0) is 36.8 Å². The minimum Gasteiger partial charge on any atom is -0.496 e. The molecule has 2 N–H and O–H groups in total. The van der Waals surface area contributed by atoms with Gasteiger partial charge in [0.25, 0.3) is 0 Å².